The van der Waals surface area contributed by atoms with Crippen molar-refractivity contribution < 1.29 is 4.79 Å². The largest absolute Gasteiger partial charge is 0.269 e. The van der Waals surface area contributed by atoms with Gasteiger partial charge in [-0.1, -0.05) is 36.4 Å². The van der Waals surface area contributed by atoms with Crippen LogP contribution in [0.2, 0.25) is 0 Å². The maximum Gasteiger partial charge on any atom is 0.269 e. The average molecular weight is 397 g/mol. The molecule has 2 aromatic carbocycles. The van der Waals surface area contributed by atoms with E-state index in [-0.39, 0.29) is 11.9 Å². The number of fused-ring (bicyclic) bond motifs is 1. The van der Waals surface area contributed by atoms with E-state index in [1.54, 1.807) is 23.5 Å². The Balaban J connectivity index is 1.38. The number of amides is 1. The third-order valence-corrected chi connectivity index (χ3v) is 5.39. The van der Waals surface area contributed by atoms with Crippen molar-refractivity contribution in [2.75, 3.05) is 0 Å². The number of carbonyl (C=O) groups excluding carboxylic acids is 1. The molecule has 0 N–H and O–H groups in total. The molecular weight excluding hydrogens is 374 g/mol. The Hall–Kier alpha value is -3.72. The van der Waals surface area contributed by atoms with Gasteiger partial charge in [-0.25, -0.2) is 5.01 Å². The van der Waals surface area contributed by atoms with Crippen molar-refractivity contribution in [1.29, 1.82) is 5.26 Å². The Morgan fingerprint density at radius 1 is 1.30 bits per heavy atom. The monoisotopic (exact) mass is 397 g/mol. The van der Waals surface area contributed by atoms with Gasteiger partial charge in [0.05, 0.1) is 29.4 Å². The molecule has 0 saturated carbocycles. The fourth-order valence-corrected chi connectivity index (χ4v) is 3.81. The molecule has 6 nitrogen and oxygen atoms in total. The zero-order chi connectivity index (χ0) is 21.1. The smallest absolute Gasteiger partial charge is 0.268 e. The quantitative estimate of drug-likeness (QED) is 0.574. The highest BCUT2D eigenvalue weighted by atomic mass is 16.2. The average Bonchev–Trinajstić information content (AvgIpc) is 3.40. The first kappa shape index (κ1) is 19.6. The minimum atomic E-state index is -0.126. The van der Waals surface area contributed by atoms with Gasteiger partial charge in [-0.3, -0.25) is 9.48 Å². The van der Waals surface area contributed by atoms with Gasteiger partial charge in [0.1, 0.15) is 0 Å². The number of carbonyl (C=O) groups is 1. The fourth-order valence-electron chi connectivity index (χ4n) is 3.81. The van der Waals surface area contributed by atoms with E-state index in [9.17, 15) is 4.79 Å². The third-order valence-electron chi connectivity index (χ3n) is 5.39. The van der Waals surface area contributed by atoms with E-state index in [2.05, 4.69) is 28.9 Å². The highest BCUT2D eigenvalue weighted by Gasteiger charge is 2.29. The summed E-state index contributed by atoms with van der Waals surface area (Å²) >= 11 is 0. The lowest BCUT2D eigenvalue weighted by molar-refractivity contribution is -0.129. The predicted octanol–water partition coefficient (Wildman–Crippen LogP) is 4.51. The summed E-state index contributed by atoms with van der Waals surface area (Å²) in [5.74, 6) is -0.126. The van der Waals surface area contributed by atoms with Gasteiger partial charge in [0.15, 0.2) is 0 Å². The molecule has 0 fully saturated rings. The molecule has 30 heavy (non-hydrogen) atoms. The van der Waals surface area contributed by atoms with Crippen LogP contribution in [0, 0.1) is 18.3 Å². The maximum atomic E-state index is 12.9. The van der Waals surface area contributed by atoms with Gasteiger partial charge in [0.25, 0.3) is 5.91 Å². The van der Waals surface area contributed by atoms with Gasteiger partial charge in [0.2, 0.25) is 0 Å². The molecule has 0 saturated heterocycles. The molecule has 0 spiro atoms. The van der Waals surface area contributed by atoms with E-state index >= 15 is 0 Å². The van der Waals surface area contributed by atoms with Crippen LogP contribution in [0.1, 0.15) is 42.0 Å². The summed E-state index contributed by atoms with van der Waals surface area (Å²) in [4.78, 5) is 12.9. The van der Waals surface area contributed by atoms with Crippen molar-refractivity contribution in [2.45, 2.75) is 38.8 Å². The number of aryl methyl sites for hydroxylation is 2. The highest BCUT2D eigenvalue weighted by Crippen LogP contribution is 2.30. The molecule has 0 radical (unpaired) electrons. The minimum absolute atomic E-state index is 0.0708. The number of rotatable bonds is 6. The van der Waals surface area contributed by atoms with Gasteiger partial charge in [-0.05, 0) is 43.5 Å². The van der Waals surface area contributed by atoms with Crippen LogP contribution in [0.25, 0.3) is 10.9 Å². The standard InChI is InChI=1S/C24H23N5O/c1-17-5-3-7-20(13-17)23-10-11-26-29(23)24(30)18(2)6-4-12-28-22-9-8-19(15-25)14-21(22)16-27-28/h3,5,7-9,11,13-14,16,23H,2,4,6,10,12H2,1H3. The van der Waals surface area contributed by atoms with Crippen LogP contribution in [-0.2, 0) is 11.3 Å². The SMILES string of the molecule is C=C(CCCn1ncc2cc(C#N)ccc21)C(=O)N1N=CCC1c1cccc(C)c1. The van der Waals surface area contributed by atoms with Gasteiger partial charge in [-0.15, -0.1) is 0 Å². The fraction of sp³-hybridized carbons (Fsp3) is 0.250. The molecule has 6 heteroatoms. The summed E-state index contributed by atoms with van der Waals surface area (Å²) in [6, 6.07) is 15.8. The van der Waals surface area contributed by atoms with Gasteiger partial charge in [-0.2, -0.15) is 15.5 Å². The van der Waals surface area contributed by atoms with Crippen molar-refractivity contribution in [2.24, 2.45) is 5.10 Å². The van der Waals surface area contributed by atoms with E-state index in [1.165, 1.54) is 5.56 Å². The van der Waals surface area contributed by atoms with E-state index in [0.717, 1.165) is 22.9 Å². The van der Waals surface area contributed by atoms with Crippen molar-refractivity contribution in [3.8, 4) is 6.07 Å². The van der Waals surface area contributed by atoms with Gasteiger partial charge in [0, 0.05) is 30.1 Å². The zero-order valence-electron chi connectivity index (χ0n) is 17.0. The molecule has 1 aliphatic heterocycles. The van der Waals surface area contributed by atoms with E-state index in [4.69, 9.17) is 5.26 Å². The molecule has 1 atom stereocenters. The Bertz CT molecular complexity index is 1180. The Kier molecular flexibility index (Phi) is 5.44. The maximum absolute atomic E-state index is 12.9. The summed E-state index contributed by atoms with van der Waals surface area (Å²) < 4.78 is 1.90. The molecule has 1 aromatic heterocycles. The molecular formula is C24H23N5O. The Morgan fingerprint density at radius 2 is 2.17 bits per heavy atom. The van der Waals surface area contributed by atoms with Crippen LogP contribution >= 0.6 is 0 Å². The highest BCUT2D eigenvalue weighted by molar-refractivity contribution is 5.94. The second kappa shape index (κ2) is 8.34. The van der Waals surface area contributed by atoms with Crippen molar-refractivity contribution in [3.05, 3.63) is 77.5 Å². The number of nitriles is 1. The van der Waals surface area contributed by atoms with Gasteiger partial charge < -0.3 is 0 Å². The number of nitrogens with zero attached hydrogens (tertiary/aromatic N) is 5. The lowest BCUT2D eigenvalue weighted by Gasteiger charge is -2.23. The summed E-state index contributed by atoms with van der Waals surface area (Å²) in [7, 11) is 0. The Labute approximate surface area is 175 Å². The van der Waals surface area contributed by atoms with Crippen LogP contribution in [-0.4, -0.2) is 26.9 Å². The molecule has 150 valence electrons. The summed E-state index contributed by atoms with van der Waals surface area (Å²) in [5.41, 5.74) is 4.41. The van der Waals surface area contributed by atoms with Crippen molar-refractivity contribution in [1.82, 2.24) is 14.8 Å². The normalized spacial score (nSPS) is 15.5. The molecule has 1 aliphatic rings. The second-order valence-corrected chi connectivity index (χ2v) is 7.57. The van der Waals surface area contributed by atoms with Crippen LogP contribution in [0.3, 0.4) is 0 Å². The molecule has 0 aliphatic carbocycles. The van der Waals surface area contributed by atoms with Crippen LogP contribution < -0.4 is 0 Å². The molecule has 3 aromatic rings. The lowest BCUT2D eigenvalue weighted by atomic mass is 10.0. The van der Waals surface area contributed by atoms with Crippen LogP contribution in [0.15, 0.2) is 65.9 Å². The molecule has 1 amide bonds. The number of hydrogen-bond donors (Lipinski definition) is 0. The van der Waals surface area contributed by atoms with Crippen LogP contribution in [0.4, 0.5) is 0 Å². The number of aromatic nitrogens is 2. The van der Waals surface area contributed by atoms with Crippen LogP contribution in [0.5, 0.6) is 0 Å². The first-order chi connectivity index (χ1) is 14.6. The number of hydrogen-bond acceptors (Lipinski definition) is 4. The lowest BCUT2D eigenvalue weighted by Crippen LogP contribution is -2.28. The molecule has 2 heterocycles. The minimum Gasteiger partial charge on any atom is -0.268 e. The van der Waals surface area contributed by atoms with Crippen molar-refractivity contribution in [3.63, 3.8) is 0 Å². The van der Waals surface area contributed by atoms with Gasteiger partial charge >= 0.3 is 0 Å². The van der Waals surface area contributed by atoms with E-state index in [1.807, 2.05) is 41.9 Å². The third kappa shape index (κ3) is 3.87. The van der Waals surface area contributed by atoms with Crippen molar-refractivity contribution >= 4 is 23.0 Å². The number of benzene rings is 2. The van der Waals surface area contributed by atoms with E-state index < -0.39 is 0 Å². The first-order valence-electron chi connectivity index (χ1n) is 10.0. The predicted molar refractivity (Wildman–Crippen MR) is 117 cm³/mol. The number of hydrazone groups is 1. The topological polar surface area (TPSA) is 74.3 Å². The zero-order valence-corrected chi connectivity index (χ0v) is 17.0. The summed E-state index contributed by atoms with van der Waals surface area (Å²) in [5, 5.41) is 20.2. The first-order valence-corrected chi connectivity index (χ1v) is 10.0. The molecule has 1 unspecified atom stereocenters. The molecule has 0 bridgehead atoms. The molecule has 4 rings (SSSR count). The summed E-state index contributed by atoms with van der Waals surface area (Å²) in [6.07, 6.45) is 5.59. The summed E-state index contributed by atoms with van der Waals surface area (Å²) in [6.45, 7) is 6.74. The van der Waals surface area contributed by atoms with E-state index in [0.29, 0.717) is 30.5 Å². The Morgan fingerprint density at radius 3 is 2.97 bits per heavy atom. The second-order valence-electron chi connectivity index (χ2n) is 7.57.